The van der Waals surface area contributed by atoms with Crippen molar-refractivity contribution in [1.29, 1.82) is 0 Å². The Kier molecular flexibility index (Phi) is 2.86. The molecule has 0 radical (unpaired) electrons. The Morgan fingerprint density at radius 3 is 2.67 bits per heavy atom. The van der Waals surface area contributed by atoms with Crippen molar-refractivity contribution in [2.45, 2.75) is 6.92 Å². The number of nitro groups is 1. The van der Waals surface area contributed by atoms with Crippen LogP contribution in [0.1, 0.15) is 15.9 Å². The lowest BCUT2D eigenvalue weighted by atomic mass is 10.1. The van der Waals surface area contributed by atoms with Crippen LogP contribution < -0.4 is 9.64 Å². The van der Waals surface area contributed by atoms with Gasteiger partial charge in [0.1, 0.15) is 5.75 Å². The summed E-state index contributed by atoms with van der Waals surface area (Å²) in [5.74, 6) is 0.246. The summed E-state index contributed by atoms with van der Waals surface area (Å²) in [5.41, 5.74) is 1.27. The van der Waals surface area contributed by atoms with Gasteiger partial charge in [0, 0.05) is 13.1 Å². The number of nitro benzene ring substituents is 1. The number of hydrogen-bond donors (Lipinski definition) is 0. The molecule has 2 aromatic rings. The third-order valence-electron chi connectivity index (χ3n) is 3.42. The van der Waals surface area contributed by atoms with Gasteiger partial charge in [-0.25, -0.2) is 0 Å². The molecule has 0 aromatic heterocycles. The van der Waals surface area contributed by atoms with Gasteiger partial charge in [-0.3, -0.25) is 14.9 Å². The molecular weight excluding hydrogens is 272 g/mol. The van der Waals surface area contributed by atoms with Gasteiger partial charge >= 0.3 is 0 Å². The largest absolute Gasteiger partial charge is 0.454 e. The Hall–Kier alpha value is -2.89. The average molecular weight is 284 g/mol. The SMILES string of the molecule is Cc1ccc2c(c1)Oc1cccc([N+](=O)[O-])c1C(=O)N2C. The van der Waals surface area contributed by atoms with Gasteiger partial charge in [-0.1, -0.05) is 12.1 Å². The monoisotopic (exact) mass is 284 g/mol. The number of nitrogens with zero attached hydrogens (tertiary/aromatic N) is 2. The van der Waals surface area contributed by atoms with E-state index in [9.17, 15) is 14.9 Å². The zero-order chi connectivity index (χ0) is 15.1. The summed E-state index contributed by atoms with van der Waals surface area (Å²) in [4.78, 5) is 24.5. The molecule has 6 nitrogen and oxygen atoms in total. The van der Waals surface area contributed by atoms with E-state index < -0.39 is 10.8 Å². The molecule has 0 unspecified atom stereocenters. The third kappa shape index (κ3) is 2.01. The van der Waals surface area contributed by atoms with Crippen molar-refractivity contribution in [3.05, 3.63) is 57.6 Å². The van der Waals surface area contributed by atoms with Crippen LogP contribution in [0.25, 0.3) is 0 Å². The number of fused-ring (bicyclic) bond motifs is 2. The van der Waals surface area contributed by atoms with Crippen LogP contribution in [0.4, 0.5) is 11.4 Å². The van der Waals surface area contributed by atoms with Gasteiger partial charge in [-0.15, -0.1) is 0 Å². The van der Waals surface area contributed by atoms with Gasteiger partial charge in [-0.2, -0.15) is 0 Å². The molecule has 0 aliphatic carbocycles. The lowest BCUT2D eigenvalue weighted by Crippen LogP contribution is -2.25. The topological polar surface area (TPSA) is 72.7 Å². The van der Waals surface area contributed by atoms with Gasteiger partial charge in [0.15, 0.2) is 11.3 Å². The maximum atomic E-state index is 12.6. The molecule has 0 bridgehead atoms. The third-order valence-corrected chi connectivity index (χ3v) is 3.42. The number of carbonyl (C=O) groups is 1. The number of benzene rings is 2. The average Bonchev–Trinajstić information content (AvgIpc) is 2.55. The minimum Gasteiger partial charge on any atom is -0.454 e. The fourth-order valence-electron chi connectivity index (χ4n) is 2.35. The Balaban J connectivity index is 2.27. The molecular formula is C15H12N2O4. The summed E-state index contributed by atoms with van der Waals surface area (Å²) in [6, 6.07) is 9.79. The number of ether oxygens (including phenoxy) is 1. The maximum absolute atomic E-state index is 12.6. The van der Waals surface area contributed by atoms with Crippen LogP contribution in [-0.2, 0) is 0 Å². The van der Waals surface area contributed by atoms with E-state index in [0.29, 0.717) is 11.4 Å². The highest BCUT2D eigenvalue weighted by atomic mass is 16.6. The van der Waals surface area contributed by atoms with E-state index in [-0.39, 0.29) is 17.0 Å². The molecule has 3 rings (SSSR count). The van der Waals surface area contributed by atoms with E-state index in [2.05, 4.69) is 0 Å². The Morgan fingerprint density at radius 2 is 1.95 bits per heavy atom. The van der Waals surface area contributed by atoms with Crippen molar-refractivity contribution in [2.75, 3.05) is 11.9 Å². The van der Waals surface area contributed by atoms with Crippen LogP contribution in [0.5, 0.6) is 11.5 Å². The molecule has 1 aliphatic heterocycles. The van der Waals surface area contributed by atoms with Gasteiger partial charge in [-0.05, 0) is 30.7 Å². The van der Waals surface area contributed by atoms with Gasteiger partial charge in [0.05, 0.1) is 10.6 Å². The summed E-state index contributed by atoms with van der Waals surface area (Å²) in [6.07, 6.45) is 0. The van der Waals surface area contributed by atoms with Crippen LogP contribution in [0.15, 0.2) is 36.4 Å². The maximum Gasteiger partial charge on any atom is 0.285 e. The molecule has 1 aliphatic rings. The van der Waals surface area contributed by atoms with Crippen molar-refractivity contribution in [3.63, 3.8) is 0 Å². The fourth-order valence-corrected chi connectivity index (χ4v) is 2.35. The first-order valence-electron chi connectivity index (χ1n) is 6.33. The number of rotatable bonds is 1. The van der Waals surface area contributed by atoms with Gasteiger partial charge in [0.2, 0.25) is 0 Å². The highest BCUT2D eigenvalue weighted by Crippen LogP contribution is 2.41. The van der Waals surface area contributed by atoms with Crippen LogP contribution in [0.3, 0.4) is 0 Å². The lowest BCUT2D eigenvalue weighted by Gasteiger charge is -2.16. The Labute approximate surface area is 120 Å². The van der Waals surface area contributed by atoms with Crippen LogP contribution in [0.2, 0.25) is 0 Å². The van der Waals surface area contributed by atoms with Crippen LogP contribution in [0, 0.1) is 17.0 Å². The fraction of sp³-hybridized carbons (Fsp3) is 0.133. The summed E-state index contributed by atoms with van der Waals surface area (Å²) >= 11 is 0. The summed E-state index contributed by atoms with van der Waals surface area (Å²) in [7, 11) is 1.58. The van der Waals surface area contributed by atoms with E-state index in [0.717, 1.165) is 5.56 Å². The first-order chi connectivity index (χ1) is 9.99. The van der Waals surface area contributed by atoms with E-state index in [4.69, 9.17) is 4.74 Å². The normalized spacial score (nSPS) is 13.0. The highest BCUT2D eigenvalue weighted by Gasteiger charge is 2.32. The number of amides is 1. The predicted molar refractivity (Wildman–Crippen MR) is 77.1 cm³/mol. The van der Waals surface area contributed by atoms with Gasteiger partial charge < -0.3 is 9.64 Å². The van der Waals surface area contributed by atoms with Crippen LogP contribution in [-0.4, -0.2) is 17.9 Å². The van der Waals surface area contributed by atoms with E-state index >= 15 is 0 Å². The predicted octanol–water partition coefficient (Wildman–Crippen LogP) is 3.29. The van der Waals surface area contributed by atoms with E-state index in [1.807, 2.05) is 13.0 Å². The smallest absolute Gasteiger partial charge is 0.285 e. The minimum absolute atomic E-state index is 0.0288. The highest BCUT2D eigenvalue weighted by molar-refractivity contribution is 6.11. The zero-order valence-corrected chi connectivity index (χ0v) is 11.5. The van der Waals surface area contributed by atoms with Crippen molar-refractivity contribution >= 4 is 17.3 Å². The molecule has 0 atom stereocenters. The number of anilines is 1. The molecule has 2 aromatic carbocycles. The summed E-state index contributed by atoms with van der Waals surface area (Å²) in [5, 5.41) is 11.1. The molecule has 0 saturated heterocycles. The molecule has 0 saturated carbocycles. The molecule has 6 heteroatoms. The van der Waals surface area contributed by atoms with Crippen LogP contribution >= 0.6 is 0 Å². The number of hydrogen-bond acceptors (Lipinski definition) is 4. The first kappa shape index (κ1) is 13.1. The summed E-state index contributed by atoms with van der Waals surface area (Å²) < 4.78 is 5.75. The Morgan fingerprint density at radius 1 is 1.19 bits per heavy atom. The standard InChI is InChI=1S/C15H12N2O4/c1-9-6-7-10-13(8-9)21-12-5-3-4-11(17(19)20)14(12)15(18)16(10)2/h3-8H,1-2H3. The second kappa shape index (κ2) is 4.59. The van der Waals surface area contributed by atoms with Crippen molar-refractivity contribution in [3.8, 4) is 11.5 Å². The summed E-state index contributed by atoms with van der Waals surface area (Å²) in [6.45, 7) is 1.91. The van der Waals surface area contributed by atoms with Crippen molar-refractivity contribution in [2.24, 2.45) is 0 Å². The first-order valence-corrected chi connectivity index (χ1v) is 6.33. The molecule has 21 heavy (non-hydrogen) atoms. The number of aryl methyl sites for hydroxylation is 1. The van der Waals surface area contributed by atoms with Crippen molar-refractivity contribution < 1.29 is 14.5 Å². The number of carbonyl (C=O) groups excluding carboxylic acids is 1. The minimum atomic E-state index is -0.574. The molecule has 0 N–H and O–H groups in total. The van der Waals surface area contributed by atoms with E-state index in [1.165, 1.54) is 17.0 Å². The van der Waals surface area contributed by atoms with E-state index in [1.54, 1.807) is 25.2 Å². The zero-order valence-electron chi connectivity index (χ0n) is 11.5. The van der Waals surface area contributed by atoms with Crippen molar-refractivity contribution in [1.82, 2.24) is 0 Å². The quantitative estimate of drug-likeness (QED) is 0.595. The lowest BCUT2D eigenvalue weighted by molar-refractivity contribution is -0.385. The molecule has 0 fully saturated rings. The molecule has 0 spiro atoms. The second-order valence-electron chi connectivity index (χ2n) is 4.84. The van der Waals surface area contributed by atoms with Gasteiger partial charge in [0.25, 0.3) is 11.6 Å². The molecule has 1 heterocycles. The Bertz CT molecular complexity index is 770. The molecule has 1 amide bonds. The second-order valence-corrected chi connectivity index (χ2v) is 4.84. The molecule has 106 valence electrons.